The molecule has 3 rings (SSSR count). The molecule has 0 saturated carbocycles. The van der Waals surface area contributed by atoms with Crippen LogP contribution in [0.4, 0.5) is 39.5 Å². The molecule has 7 nitrogen and oxygen atoms in total. The number of carboxylic acids is 2. The molecular formula is C30H31F9O7P2S. The molecule has 0 radical (unpaired) electrons. The fourth-order valence-electron chi connectivity index (χ4n) is 4.33. The van der Waals surface area contributed by atoms with Gasteiger partial charge in [0.25, 0.3) is 10.1 Å². The van der Waals surface area contributed by atoms with E-state index >= 15 is 0 Å². The summed E-state index contributed by atoms with van der Waals surface area (Å²) in [6, 6.07) is 32.8. The third kappa shape index (κ3) is 11.4. The maximum Gasteiger partial charge on any atom is 0.460 e. The highest BCUT2D eigenvalue weighted by atomic mass is 32.2. The van der Waals surface area contributed by atoms with Gasteiger partial charge in [-0.1, -0.05) is 100 Å². The Morgan fingerprint density at radius 3 is 1.20 bits per heavy atom. The van der Waals surface area contributed by atoms with E-state index in [1.54, 1.807) is 0 Å². The molecule has 19 heteroatoms. The smallest absolute Gasteiger partial charge is 0.460 e. The van der Waals surface area contributed by atoms with Gasteiger partial charge in [0, 0.05) is 5.41 Å². The lowest BCUT2D eigenvalue weighted by molar-refractivity contribution is -0.381. The highest BCUT2D eigenvalue weighted by Crippen LogP contribution is 2.55. The van der Waals surface area contributed by atoms with E-state index in [4.69, 9.17) is 14.8 Å². The van der Waals surface area contributed by atoms with Gasteiger partial charge in [-0.3, -0.25) is 14.1 Å². The number of carboxylic acid groups (broad SMARTS) is 2. The molecule has 49 heavy (non-hydrogen) atoms. The minimum Gasteiger partial charge on any atom is -0.481 e. The van der Waals surface area contributed by atoms with Crippen molar-refractivity contribution < 1.29 is 72.3 Å². The highest BCUT2D eigenvalue weighted by Gasteiger charge is 2.80. The van der Waals surface area contributed by atoms with E-state index in [-0.39, 0.29) is 14.7 Å². The maximum atomic E-state index is 12.0. The van der Waals surface area contributed by atoms with Crippen molar-refractivity contribution in [2.75, 3.05) is 6.16 Å². The molecular weight excluding hydrogens is 737 g/mol. The first-order chi connectivity index (χ1) is 22.4. The molecule has 0 amide bonds. The van der Waals surface area contributed by atoms with Crippen molar-refractivity contribution in [3.05, 3.63) is 108 Å². The molecule has 0 heterocycles. The van der Waals surface area contributed by atoms with E-state index in [0.717, 1.165) is 12.6 Å². The molecule has 0 bridgehead atoms. The summed E-state index contributed by atoms with van der Waals surface area (Å²) in [6.07, 6.45) is -4.50. The molecule has 0 fully saturated rings. The Kier molecular flexibility index (Phi) is 15.7. The van der Waals surface area contributed by atoms with Gasteiger partial charge in [0.2, 0.25) is 0 Å². The molecule has 0 aliphatic carbocycles. The molecule has 0 aliphatic heterocycles. The van der Waals surface area contributed by atoms with Crippen LogP contribution in [0.25, 0.3) is 0 Å². The zero-order valence-corrected chi connectivity index (χ0v) is 28.1. The molecule has 3 aromatic carbocycles. The minimum absolute atomic E-state index is 0.0576. The summed E-state index contributed by atoms with van der Waals surface area (Å²) in [7, 11) is -2.03. The second-order valence-electron chi connectivity index (χ2n) is 10.1. The standard InChI is InChI=1S/C22H23P.C4H2F9P.C4H6O7S/c23-18-10-17-22(19-11-4-1-5-12-19,20-13-6-2-7-14-20)21-15-8-3-9-16-21;5-1(6,3(9,10)11)2(7,8)4(12,13)14;5-3(6)1-2(4(7)8)12(9,10)11/h1-9,11-16H,10,17-18,23H2;14H2;2H,1H2,(H,5,6)(H,7,8)(H,9,10,11). The Bertz CT molecular complexity index is 1470. The summed E-state index contributed by atoms with van der Waals surface area (Å²) in [4.78, 5) is 20.0. The Morgan fingerprint density at radius 2 is 1.02 bits per heavy atom. The van der Waals surface area contributed by atoms with Crippen molar-refractivity contribution in [1.29, 1.82) is 0 Å². The van der Waals surface area contributed by atoms with E-state index in [1.165, 1.54) is 23.1 Å². The average molecular weight is 769 g/mol. The van der Waals surface area contributed by atoms with Crippen LogP contribution >= 0.6 is 18.5 Å². The minimum atomic E-state index is -6.79. The van der Waals surface area contributed by atoms with Crippen LogP contribution in [0.5, 0.6) is 0 Å². The van der Waals surface area contributed by atoms with E-state index in [1.807, 2.05) is 0 Å². The van der Waals surface area contributed by atoms with Crippen LogP contribution in [0.3, 0.4) is 0 Å². The monoisotopic (exact) mass is 768 g/mol. The first kappa shape index (κ1) is 43.8. The van der Waals surface area contributed by atoms with Crippen molar-refractivity contribution in [2.45, 2.75) is 53.6 Å². The van der Waals surface area contributed by atoms with E-state index in [9.17, 15) is 57.5 Å². The number of hydrogen-bond donors (Lipinski definition) is 3. The van der Waals surface area contributed by atoms with Crippen LogP contribution in [-0.4, -0.2) is 70.2 Å². The van der Waals surface area contributed by atoms with Gasteiger partial charge in [-0.05, 0) is 35.7 Å². The van der Waals surface area contributed by atoms with Gasteiger partial charge >= 0.3 is 35.6 Å². The predicted molar refractivity (Wildman–Crippen MR) is 169 cm³/mol. The lowest BCUT2D eigenvalue weighted by Crippen LogP contribution is -2.58. The molecule has 3 N–H and O–H groups in total. The second kappa shape index (κ2) is 17.6. The normalized spacial score (nSPS) is 13.2. The first-order valence-electron chi connectivity index (χ1n) is 13.6. The summed E-state index contributed by atoms with van der Waals surface area (Å²) < 4.78 is 134. The van der Waals surface area contributed by atoms with Crippen LogP contribution in [0.15, 0.2) is 91.0 Å². The summed E-state index contributed by atoms with van der Waals surface area (Å²) >= 11 is 0. The van der Waals surface area contributed by atoms with Crippen molar-refractivity contribution in [3.8, 4) is 0 Å². The third-order valence-electron chi connectivity index (χ3n) is 6.72. The summed E-state index contributed by atoms with van der Waals surface area (Å²) in [5.74, 6) is -16.8. The Morgan fingerprint density at radius 1 is 0.673 bits per heavy atom. The van der Waals surface area contributed by atoms with Gasteiger partial charge in [0.05, 0.1) is 6.42 Å². The fraction of sp³-hybridized carbons (Fsp3) is 0.333. The molecule has 3 unspecified atom stereocenters. The number of rotatable bonds is 12. The molecule has 0 spiro atoms. The Hall–Kier alpha value is -3.26. The van der Waals surface area contributed by atoms with Crippen molar-refractivity contribution >= 4 is 40.5 Å². The van der Waals surface area contributed by atoms with Crippen LogP contribution in [0, 0.1) is 0 Å². The van der Waals surface area contributed by atoms with Crippen LogP contribution in [-0.2, 0) is 25.1 Å². The second-order valence-corrected chi connectivity index (χ2v) is 13.0. The van der Waals surface area contributed by atoms with Crippen LogP contribution in [0.2, 0.25) is 0 Å². The molecule has 3 aromatic rings. The quantitative estimate of drug-likeness (QED) is 0.0744. The van der Waals surface area contributed by atoms with Crippen molar-refractivity contribution in [1.82, 2.24) is 0 Å². The zero-order valence-electron chi connectivity index (χ0n) is 25.0. The summed E-state index contributed by atoms with van der Waals surface area (Å²) in [5, 5.41) is 13.9. The molecule has 0 aliphatic rings. The number of halogens is 9. The van der Waals surface area contributed by atoms with Crippen LogP contribution < -0.4 is 0 Å². The average Bonchev–Trinajstić information content (AvgIpc) is 3.00. The van der Waals surface area contributed by atoms with Crippen molar-refractivity contribution in [3.63, 3.8) is 0 Å². The number of benzene rings is 3. The number of carbonyl (C=O) groups is 2. The summed E-state index contributed by atoms with van der Waals surface area (Å²) in [5.41, 5.74) is -1.52. The summed E-state index contributed by atoms with van der Waals surface area (Å²) in [6.45, 7) is 0. The number of aliphatic carboxylic acids is 2. The maximum absolute atomic E-state index is 12.0. The third-order valence-corrected chi connectivity index (χ3v) is 8.58. The SMILES string of the molecule is FC(F)(F)C(F)(F)C(F)(F)C(F)(F)P.O=C(O)CC(C(=O)O)S(=O)(=O)O.PCCCC(c1ccccc1)(c1ccccc1)c1ccccc1. The molecule has 0 aromatic heterocycles. The lowest BCUT2D eigenvalue weighted by Gasteiger charge is -2.36. The zero-order chi connectivity index (χ0) is 37.9. The van der Waals surface area contributed by atoms with E-state index in [0.29, 0.717) is 0 Å². The first-order valence-corrected chi connectivity index (χ1v) is 16.5. The number of alkyl halides is 9. The van der Waals surface area contributed by atoms with Gasteiger partial charge in [-0.15, -0.1) is 9.24 Å². The number of hydrogen-bond acceptors (Lipinski definition) is 4. The van der Waals surface area contributed by atoms with Gasteiger partial charge in [0.15, 0.2) is 5.25 Å². The van der Waals surface area contributed by atoms with Crippen molar-refractivity contribution in [2.24, 2.45) is 0 Å². The Labute approximate surface area is 280 Å². The fourth-order valence-corrected chi connectivity index (χ4v) is 5.33. The molecule has 3 atom stereocenters. The van der Waals surface area contributed by atoms with Gasteiger partial charge in [-0.25, -0.2) is 0 Å². The van der Waals surface area contributed by atoms with Crippen LogP contribution in [0.1, 0.15) is 36.0 Å². The Balaban J connectivity index is 0.000000399. The lowest BCUT2D eigenvalue weighted by atomic mass is 9.67. The van der Waals surface area contributed by atoms with Gasteiger partial charge in [0.1, 0.15) is 0 Å². The molecule has 0 saturated heterocycles. The van der Waals surface area contributed by atoms with E-state index < -0.39 is 57.4 Å². The van der Waals surface area contributed by atoms with Gasteiger partial charge in [-0.2, -0.15) is 47.9 Å². The van der Waals surface area contributed by atoms with E-state index in [2.05, 4.69) is 100 Å². The molecule has 272 valence electrons. The topological polar surface area (TPSA) is 129 Å². The van der Waals surface area contributed by atoms with Gasteiger partial charge < -0.3 is 10.2 Å². The predicted octanol–water partition coefficient (Wildman–Crippen LogP) is 7.77. The largest absolute Gasteiger partial charge is 0.481 e. The highest BCUT2D eigenvalue weighted by molar-refractivity contribution is 7.87.